The number of carbonyl (C=O) groups is 2. The molecule has 2 N–H and O–H groups in total. The van der Waals surface area contributed by atoms with Crippen molar-refractivity contribution in [3.63, 3.8) is 0 Å². The van der Waals surface area contributed by atoms with Crippen molar-refractivity contribution in [2.45, 2.75) is 18.9 Å². The fraction of sp³-hybridized carbons (Fsp3) is 0.190. The molecule has 28 heavy (non-hydrogen) atoms. The van der Waals surface area contributed by atoms with Crippen LogP contribution in [0.5, 0.6) is 0 Å². The lowest BCUT2D eigenvalue weighted by atomic mass is 9.99. The van der Waals surface area contributed by atoms with E-state index in [-0.39, 0.29) is 17.6 Å². The molecule has 0 aliphatic carbocycles. The third-order valence-corrected chi connectivity index (χ3v) is 4.86. The first-order valence-electron chi connectivity index (χ1n) is 8.97. The topological polar surface area (TPSA) is 76.0 Å². The number of fused-ring (bicyclic) bond motifs is 1. The zero-order chi connectivity index (χ0) is 19.7. The van der Waals surface area contributed by atoms with Gasteiger partial charge < -0.3 is 15.2 Å². The molecule has 1 aromatic heterocycles. The third-order valence-electron chi connectivity index (χ3n) is 4.86. The Hall–Kier alpha value is -3.48. The molecule has 0 radical (unpaired) electrons. The molecule has 3 aromatic rings. The van der Waals surface area contributed by atoms with Crippen molar-refractivity contribution in [3.05, 3.63) is 83.2 Å². The SMILES string of the molecule is Cn1ccnc1[C@@H](NC(=O)c1ccc2c(c1)CCC(=O)N2)c1ccc(F)cc1. The van der Waals surface area contributed by atoms with Gasteiger partial charge in [-0.2, -0.15) is 0 Å². The maximum Gasteiger partial charge on any atom is 0.252 e. The molecule has 2 aromatic carbocycles. The molecule has 0 saturated carbocycles. The molecule has 0 unspecified atom stereocenters. The second-order valence-electron chi connectivity index (χ2n) is 6.77. The van der Waals surface area contributed by atoms with Crippen molar-refractivity contribution >= 4 is 17.5 Å². The van der Waals surface area contributed by atoms with Gasteiger partial charge in [0, 0.05) is 37.1 Å². The van der Waals surface area contributed by atoms with Crippen LogP contribution in [0.4, 0.5) is 10.1 Å². The number of nitrogens with one attached hydrogen (secondary N) is 2. The van der Waals surface area contributed by atoms with E-state index in [0.29, 0.717) is 24.2 Å². The van der Waals surface area contributed by atoms with Gasteiger partial charge >= 0.3 is 0 Å². The molecule has 2 amide bonds. The Kier molecular flexibility index (Phi) is 4.65. The van der Waals surface area contributed by atoms with Crippen LogP contribution in [0.3, 0.4) is 0 Å². The summed E-state index contributed by atoms with van der Waals surface area (Å²) in [5.74, 6) is 0.0171. The summed E-state index contributed by atoms with van der Waals surface area (Å²) in [6.45, 7) is 0. The molecule has 0 bridgehead atoms. The number of carbonyl (C=O) groups excluding carboxylic acids is 2. The minimum Gasteiger partial charge on any atom is -0.338 e. The number of hydrogen-bond donors (Lipinski definition) is 2. The zero-order valence-corrected chi connectivity index (χ0v) is 15.3. The van der Waals surface area contributed by atoms with Crippen LogP contribution in [0.25, 0.3) is 0 Å². The van der Waals surface area contributed by atoms with Crippen molar-refractivity contribution in [2.75, 3.05) is 5.32 Å². The highest BCUT2D eigenvalue weighted by Gasteiger charge is 2.23. The van der Waals surface area contributed by atoms with Crippen LogP contribution in [-0.2, 0) is 18.3 Å². The van der Waals surface area contributed by atoms with E-state index in [9.17, 15) is 14.0 Å². The van der Waals surface area contributed by atoms with Gasteiger partial charge in [0.25, 0.3) is 5.91 Å². The number of rotatable bonds is 4. The number of anilines is 1. The Morgan fingerprint density at radius 2 is 2.00 bits per heavy atom. The maximum atomic E-state index is 13.3. The zero-order valence-electron chi connectivity index (χ0n) is 15.3. The van der Waals surface area contributed by atoms with E-state index in [0.717, 1.165) is 16.8 Å². The van der Waals surface area contributed by atoms with Crippen LogP contribution in [0.1, 0.15) is 39.8 Å². The molecule has 0 saturated heterocycles. The minimum atomic E-state index is -0.524. The van der Waals surface area contributed by atoms with Gasteiger partial charge in [-0.05, 0) is 47.9 Å². The fourth-order valence-electron chi connectivity index (χ4n) is 3.35. The van der Waals surface area contributed by atoms with Gasteiger partial charge in [-0.3, -0.25) is 9.59 Å². The molecule has 0 spiro atoms. The third kappa shape index (κ3) is 3.51. The summed E-state index contributed by atoms with van der Waals surface area (Å²) in [6.07, 6.45) is 4.45. The minimum absolute atomic E-state index is 0.0177. The van der Waals surface area contributed by atoms with Crippen LogP contribution >= 0.6 is 0 Å². The first-order chi connectivity index (χ1) is 13.5. The summed E-state index contributed by atoms with van der Waals surface area (Å²) in [5.41, 5.74) is 2.90. The molecule has 1 atom stereocenters. The second-order valence-corrected chi connectivity index (χ2v) is 6.77. The first kappa shape index (κ1) is 17.9. The normalized spacial score (nSPS) is 14.1. The summed E-state index contributed by atoms with van der Waals surface area (Å²) in [7, 11) is 1.84. The molecule has 0 fully saturated rings. The number of aryl methyl sites for hydroxylation is 2. The van der Waals surface area contributed by atoms with Crippen LogP contribution in [0.15, 0.2) is 54.9 Å². The van der Waals surface area contributed by atoms with E-state index >= 15 is 0 Å². The average Bonchev–Trinajstić information content (AvgIpc) is 3.12. The molecule has 4 rings (SSSR count). The van der Waals surface area contributed by atoms with Gasteiger partial charge in [0.2, 0.25) is 5.91 Å². The smallest absolute Gasteiger partial charge is 0.252 e. The Labute approximate surface area is 161 Å². The highest BCUT2D eigenvalue weighted by atomic mass is 19.1. The molecule has 2 heterocycles. The Morgan fingerprint density at radius 1 is 1.21 bits per heavy atom. The van der Waals surface area contributed by atoms with E-state index in [2.05, 4.69) is 15.6 Å². The molecule has 1 aliphatic heterocycles. The van der Waals surface area contributed by atoms with Crippen LogP contribution < -0.4 is 10.6 Å². The number of nitrogens with zero attached hydrogens (tertiary/aromatic N) is 2. The van der Waals surface area contributed by atoms with Gasteiger partial charge in [0.15, 0.2) is 0 Å². The maximum absolute atomic E-state index is 13.3. The van der Waals surface area contributed by atoms with Crippen molar-refractivity contribution in [1.29, 1.82) is 0 Å². The average molecular weight is 378 g/mol. The largest absolute Gasteiger partial charge is 0.338 e. The van der Waals surface area contributed by atoms with Gasteiger partial charge in [-0.1, -0.05) is 12.1 Å². The molecular weight excluding hydrogens is 359 g/mol. The standard InChI is InChI=1S/C21H19FN4O2/c1-26-11-10-23-20(26)19(13-2-6-16(22)7-3-13)25-21(28)15-4-8-17-14(12-15)5-9-18(27)24-17/h2-4,6-8,10-12,19H,5,9H2,1H3,(H,24,27)(H,25,28)/t19-/m0/s1. The predicted molar refractivity (Wildman–Crippen MR) is 102 cm³/mol. The fourth-order valence-corrected chi connectivity index (χ4v) is 3.35. The Balaban J connectivity index is 1.63. The number of aromatic nitrogens is 2. The highest BCUT2D eigenvalue weighted by molar-refractivity contribution is 5.98. The lowest BCUT2D eigenvalue weighted by molar-refractivity contribution is -0.116. The van der Waals surface area contributed by atoms with Gasteiger partial charge in [-0.25, -0.2) is 9.37 Å². The lowest BCUT2D eigenvalue weighted by Gasteiger charge is -2.21. The Morgan fingerprint density at radius 3 is 2.71 bits per heavy atom. The number of hydrogen-bond acceptors (Lipinski definition) is 3. The number of imidazole rings is 1. The van der Waals surface area contributed by atoms with Crippen molar-refractivity contribution in [1.82, 2.24) is 14.9 Å². The van der Waals surface area contributed by atoms with Crippen molar-refractivity contribution in [3.8, 4) is 0 Å². The predicted octanol–water partition coefficient (Wildman–Crippen LogP) is 2.96. The van der Waals surface area contributed by atoms with Crippen LogP contribution in [-0.4, -0.2) is 21.4 Å². The first-order valence-corrected chi connectivity index (χ1v) is 8.97. The number of benzene rings is 2. The van der Waals surface area contributed by atoms with E-state index in [1.54, 1.807) is 42.7 Å². The number of halogens is 1. The van der Waals surface area contributed by atoms with E-state index in [1.807, 2.05) is 11.6 Å². The van der Waals surface area contributed by atoms with E-state index in [4.69, 9.17) is 0 Å². The van der Waals surface area contributed by atoms with Crippen LogP contribution in [0.2, 0.25) is 0 Å². The number of amides is 2. The summed E-state index contributed by atoms with van der Waals surface area (Å²) < 4.78 is 15.2. The van der Waals surface area contributed by atoms with Gasteiger partial charge in [0.1, 0.15) is 17.7 Å². The van der Waals surface area contributed by atoms with Gasteiger partial charge in [0.05, 0.1) is 0 Å². The second kappa shape index (κ2) is 7.26. The summed E-state index contributed by atoms with van der Waals surface area (Å²) in [4.78, 5) is 28.8. The molecular formula is C21H19FN4O2. The van der Waals surface area contributed by atoms with Crippen molar-refractivity contribution in [2.24, 2.45) is 7.05 Å². The lowest BCUT2D eigenvalue weighted by Crippen LogP contribution is -2.31. The molecule has 142 valence electrons. The van der Waals surface area contributed by atoms with E-state index in [1.165, 1.54) is 12.1 Å². The monoisotopic (exact) mass is 378 g/mol. The molecule has 7 heteroatoms. The molecule has 1 aliphatic rings. The van der Waals surface area contributed by atoms with Crippen molar-refractivity contribution < 1.29 is 14.0 Å². The van der Waals surface area contributed by atoms with Gasteiger partial charge in [-0.15, -0.1) is 0 Å². The quantitative estimate of drug-likeness (QED) is 0.733. The summed E-state index contributed by atoms with van der Waals surface area (Å²) >= 11 is 0. The summed E-state index contributed by atoms with van der Waals surface area (Å²) in [6, 6.07) is 10.7. The Bertz CT molecular complexity index is 1040. The molecule has 6 nitrogen and oxygen atoms in total. The summed E-state index contributed by atoms with van der Waals surface area (Å²) in [5, 5.41) is 5.80. The highest BCUT2D eigenvalue weighted by Crippen LogP contribution is 2.25. The van der Waals surface area contributed by atoms with Crippen LogP contribution in [0, 0.1) is 5.82 Å². The van der Waals surface area contributed by atoms with E-state index < -0.39 is 6.04 Å².